The van der Waals surface area contributed by atoms with E-state index in [1.807, 2.05) is 0 Å². The van der Waals surface area contributed by atoms with Crippen molar-refractivity contribution in [3.63, 3.8) is 0 Å². The van der Waals surface area contributed by atoms with Crippen molar-refractivity contribution in [3.8, 4) is 5.75 Å². The summed E-state index contributed by atoms with van der Waals surface area (Å²) in [6.07, 6.45) is -2.54. The van der Waals surface area contributed by atoms with Crippen LogP contribution in [0.1, 0.15) is 36.0 Å². The van der Waals surface area contributed by atoms with Crippen LogP contribution in [0.3, 0.4) is 0 Å². The molecule has 1 heterocycles. The van der Waals surface area contributed by atoms with Crippen molar-refractivity contribution in [2.45, 2.75) is 30.9 Å². The summed E-state index contributed by atoms with van der Waals surface area (Å²) in [5.74, 6) is -1.50. The summed E-state index contributed by atoms with van der Waals surface area (Å²) in [7, 11) is 0. The molecule has 0 bridgehead atoms. The van der Waals surface area contributed by atoms with Gasteiger partial charge in [0.25, 0.3) is 0 Å². The fraction of sp³-hybridized carbons (Fsp3) is 0.273. The predicted molar refractivity (Wildman–Crippen MR) is 97.3 cm³/mol. The molecule has 0 N–H and O–H groups in total. The number of allylic oxidation sites excluding steroid dienone is 1. The van der Waals surface area contributed by atoms with Crippen LogP contribution in [0.25, 0.3) is 0 Å². The van der Waals surface area contributed by atoms with Crippen LogP contribution in [0.5, 0.6) is 5.75 Å². The highest BCUT2D eigenvalue weighted by Gasteiger charge is 2.61. The van der Waals surface area contributed by atoms with Gasteiger partial charge in [0.05, 0.1) is 17.7 Å². The summed E-state index contributed by atoms with van der Waals surface area (Å²) < 4.78 is 49.5. The minimum Gasteiger partial charge on any atom is -0.463 e. The quantitative estimate of drug-likeness (QED) is 0.559. The molecule has 2 atom stereocenters. The van der Waals surface area contributed by atoms with Gasteiger partial charge in [-0.3, -0.25) is 4.79 Å². The number of fused-ring (bicyclic) bond motifs is 2. The number of carbonyl (C=O) groups is 2. The van der Waals surface area contributed by atoms with Crippen LogP contribution in [-0.4, -0.2) is 18.5 Å². The van der Waals surface area contributed by atoms with Crippen LogP contribution >= 0.6 is 0 Å². The van der Waals surface area contributed by atoms with E-state index in [9.17, 15) is 22.8 Å². The minimum absolute atomic E-state index is 0.133. The summed E-state index contributed by atoms with van der Waals surface area (Å²) in [5, 5.41) is 0. The van der Waals surface area contributed by atoms with Crippen LogP contribution < -0.4 is 4.74 Å². The number of para-hydroxylation sites is 1. The second kappa shape index (κ2) is 6.76. The lowest BCUT2D eigenvalue weighted by Crippen LogP contribution is -2.41. The lowest BCUT2D eigenvalue weighted by Gasteiger charge is -2.31. The van der Waals surface area contributed by atoms with Crippen molar-refractivity contribution < 1.29 is 32.2 Å². The van der Waals surface area contributed by atoms with Crippen LogP contribution in [0.4, 0.5) is 13.2 Å². The van der Waals surface area contributed by atoms with Gasteiger partial charge in [-0.05, 0) is 37.1 Å². The number of halogens is 3. The smallest absolute Gasteiger partial charge is 0.416 e. The first-order chi connectivity index (χ1) is 13.8. The number of rotatable bonds is 3. The second-order valence-corrected chi connectivity index (χ2v) is 6.94. The third-order valence-electron chi connectivity index (χ3n) is 5.48. The first kappa shape index (κ1) is 19.2. The second-order valence-electron chi connectivity index (χ2n) is 6.94. The van der Waals surface area contributed by atoms with Crippen LogP contribution in [-0.2, 0) is 25.9 Å². The van der Waals surface area contributed by atoms with E-state index in [0.717, 1.165) is 12.1 Å². The van der Waals surface area contributed by atoms with Gasteiger partial charge in [-0.2, -0.15) is 13.2 Å². The molecule has 0 saturated carbocycles. The molecule has 0 unspecified atom stereocenters. The zero-order chi connectivity index (χ0) is 20.8. The molecule has 0 radical (unpaired) electrons. The molecule has 4 rings (SSSR count). The lowest BCUT2D eigenvalue weighted by atomic mass is 9.67. The van der Waals surface area contributed by atoms with Crippen LogP contribution in [0.15, 0.2) is 60.2 Å². The third-order valence-corrected chi connectivity index (χ3v) is 5.48. The first-order valence-corrected chi connectivity index (χ1v) is 9.16. The van der Waals surface area contributed by atoms with Crippen LogP contribution in [0, 0.1) is 0 Å². The summed E-state index contributed by atoms with van der Waals surface area (Å²) in [6.45, 7) is 1.79. The monoisotopic (exact) mass is 402 g/mol. The van der Waals surface area contributed by atoms with Gasteiger partial charge >= 0.3 is 18.1 Å². The van der Waals surface area contributed by atoms with E-state index in [4.69, 9.17) is 9.47 Å². The van der Waals surface area contributed by atoms with E-state index in [-0.39, 0.29) is 12.2 Å². The molecule has 1 aliphatic heterocycles. The van der Waals surface area contributed by atoms with E-state index >= 15 is 0 Å². The number of hydrogen-bond donors (Lipinski definition) is 0. The summed E-state index contributed by atoms with van der Waals surface area (Å²) in [6, 6.07) is 11.4. The molecule has 29 heavy (non-hydrogen) atoms. The Hall–Kier alpha value is -3.09. The highest BCUT2D eigenvalue weighted by Crippen LogP contribution is 2.57. The average Bonchev–Trinajstić information content (AvgIpc) is 3.22. The van der Waals surface area contributed by atoms with Crippen LogP contribution in [0.2, 0.25) is 0 Å². The average molecular weight is 402 g/mol. The Bertz CT molecular complexity index is 1010. The molecular weight excluding hydrogens is 385 g/mol. The number of esters is 2. The molecule has 1 aliphatic carbocycles. The van der Waals surface area contributed by atoms with Gasteiger partial charge in [-0.25, -0.2) is 4.79 Å². The molecule has 0 fully saturated rings. The molecule has 2 aliphatic rings. The summed E-state index contributed by atoms with van der Waals surface area (Å²) in [5.41, 5.74) is -1.02. The topological polar surface area (TPSA) is 52.6 Å². The number of hydrogen-bond acceptors (Lipinski definition) is 4. The predicted octanol–water partition coefficient (Wildman–Crippen LogP) is 4.54. The van der Waals surface area contributed by atoms with E-state index in [0.29, 0.717) is 23.3 Å². The molecule has 2 aromatic carbocycles. The maximum atomic E-state index is 13.1. The van der Waals surface area contributed by atoms with Crippen molar-refractivity contribution in [3.05, 3.63) is 76.9 Å². The molecule has 4 nitrogen and oxygen atoms in total. The van der Waals surface area contributed by atoms with Crippen molar-refractivity contribution in [1.82, 2.24) is 0 Å². The fourth-order valence-corrected chi connectivity index (χ4v) is 4.26. The maximum absolute atomic E-state index is 13.1. The van der Waals surface area contributed by atoms with Gasteiger partial charge < -0.3 is 9.47 Å². The molecule has 150 valence electrons. The van der Waals surface area contributed by atoms with E-state index in [1.54, 1.807) is 37.3 Å². The molecule has 7 heteroatoms. The Morgan fingerprint density at radius 1 is 1.17 bits per heavy atom. The summed E-state index contributed by atoms with van der Waals surface area (Å²) in [4.78, 5) is 25.8. The third kappa shape index (κ3) is 2.84. The van der Waals surface area contributed by atoms with Crippen molar-refractivity contribution in [1.29, 1.82) is 0 Å². The SMILES string of the molecule is CCOC(=O)C1=CC[C@H](c2ccc(C(F)(F)F)cc2)[C@@]12C(=O)Oc1ccccc12. The molecule has 0 aromatic heterocycles. The molecule has 1 spiro atoms. The number of benzene rings is 2. The number of ether oxygens (including phenoxy) is 2. The Kier molecular flexibility index (Phi) is 4.48. The Morgan fingerprint density at radius 3 is 2.52 bits per heavy atom. The van der Waals surface area contributed by atoms with Crippen molar-refractivity contribution in [2.24, 2.45) is 0 Å². The first-order valence-electron chi connectivity index (χ1n) is 9.16. The van der Waals surface area contributed by atoms with Gasteiger partial charge in [-0.15, -0.1) is 0 Å². The van der Waals surface area contributed by atoms with Gasteiger partial charge in [0.1, 0.15) is 11.2 Å². The molecule has 2 aromatic rings. The molecule has 0 amide bonds. The zero-order valence-electron chi connectivity index (χ0n) is 15.5. The Morgan fingerprint density at radius 2 is 1.86 bits per heavy atom. The van der Waals surface area contributed by atoms with Gasteiger partial charge in [-0.1, -0.05) is 36.4 Å². The van der Waals surface area contributed by atoms with Gasteiger partial charge in [0.15, 0.2) is 0 Å². The highest BCUT2D eigenvalue weighted by molar-refractivity contribution is 6.07. The van der Waals surface area contributed by atoms with Crippen molar-refractivity contribution in [2.75, 3.05) is 6.61 Å². The van der Waals surface area contributed by atoms with Crippen molar-refractivity contribution >= 4 is 11.9 Å². The van der Waals surface area contributed by atoms with Gasteiger partial charge in [0.2, 0.25) is 0 Å². The zero-order valence-corrected chi connectivity index (χ0v) is 15.5. The Balaban J connectivity index is 1.86. The van der Waals surface area contributed by atoms with E-state index < -0.39 is 35.0 Å². The largest absolute Gasteiger partial charge is 0.463 e. The fourth-order valence-electron chi connectivity index (χ4n) is 4.26. The maximum Gasteiger partial charge on any atom is 0.416 e. The normalized spacial score (nSPS) is 23.0. The highest BCUT2D eigenvalue weighted by atomic mass is 19.4. The standard InChI is InChI=1S/C22H17F3O4/c1-2-28-19(26)17-12-11-15(13-7-9-14(10-8-13)22(23,24)25)21(17)16-5-3-4-6-18(16)29-20(21)27/h3-10,12,15H,2,11H2,1H3/t15-,21+/m1/s1. The molecular formula is C22H17F3O4. The Labute approximate surface area is 164 Å². The van der Waals surface area contributed by atoms with E-state index in [1.165, 1.54) is 12.1 Å². The van der Waals surface area contributed by atoms with E-state index in [2.05, 4.69) is 0 Å². The summed E-state index contributed by atoms with van der Waals surface area (Å²) >= 11 is 0. The lowest BCUT2D eigenvalue weighted by molar-refractivity contribution is -0.144. The minimum atomic E-state index is -4.46. The number of carbonyl (C=O) groups excluding carboxylic acids is 2. The van der Waals surface area contributed by atoms with Gasteiger partial charge in [0, 0.05) is 11.5 Å². The number of alkyl halides is 3. The molecule has 0 saturated heterocycles.